The number of methoxy groups -OCH3 is 1. The van der Waals surface area contributed by atoms with E-state index < -0.39 is 0 Å². The van der Waals surface area contributed by atoms with Crippen LogP contribution in [0.5, 0.6) is 5.75 Å². The zero-order chi connectivity index (χ0) is 24.6. The van der Waals surface area contributed by atoms with E-state index in [0.29, 0.717) is 5.92 Å². The first-order valence-corrected chi connectivity index (χ1v) is 11.4. The number of ether oxygens (including phenoxy) is 1. The Morgan fingerprint density at radius 3 is 2.26 bits per heavy atom. The highest BCUT2D eigenvalue weighted by Crippen LogP contribution is 2.43. The van der Waals surface area contributed by atoms with Crippen LogP contribution in [0.1, 0.15) is 28.8 Å². The van der Waals surface area contributed by atoms with Crippen molar-refractivity contribution >= 4 is 12.9 Å². The number of benzene rings is 1. The Kier molecular flexibility index (Phi) is 9.03. The van der Waals surface area contributed by atoms with Crippen molar-refractivity contribution in [3.05, 3.63) is 47.0 Å². The van der Waals surface area contributed by atoms with E-state index >= 15 is 0 Å². The van der Waals surface area contributed by atoms with Crippen molar-refractivity contribution in [2.45, 2.75) is 32.4 Å². The van der Waals surface area contributed by atoms with Gasteiger partial charge in [0.05, 0.1) is 20.0 Å². The number of H-pyrrole nitrogens is 1. The van der Waals surface area contributed by atoms with Crippen LogP contribution >= 0.6 is 0 Å². The van der Waals surface area contributed by atoms with Crippen molar-refractivity contribution in [1.29, 1.82) is 0 Å². The fourth-order valence-corrected chi connectivity index (χ4v) is 5.69. The summed E-state index contributed by atoms with van der Waals surface area (Å²) in [5.41, 5.74) is 5.39. The molecule has 1 aromatic heterocycles. The molecular formula is C24H34N4O6. The molecule has 0 bridgehead atoms. The molecule has 2 saturated heterocycles. The summed E-state index contributed by atoms with van der Waals surface area (Å²) in [5.74, 6) is 1.54. The lowest BCUT2D eigenvalue weighted by atomic mass is 9.82. The lowest BCUT2D eigenvalue weighted by molar-refractivity contribution is -0.123. The summed E-state index contributed by atoms with van der Waals surface area (Å²) < 4.78 is 5.71. The Labute approximate surface area is 199 Å². The molecule has 2 unspecified atom stereocenters. The number of carbonyl (C=O) groups is 2. The maximum absolute atomic E-state index is 10.3. The predicted octanol–water partition coefficient (Wildman–Crippen LogP) is 1.23. The number of carboxylic acid groups (broad SMARTS) is 2. The molecule has 3 aliphatic rings. The van der Waals surface area contributed by atoms with Gasteiger partial charge in [0, 0.05) is 62.1 Å². The Morgan fingerprint density at radius 2 is 1.74 bits per heavy atom. The van der Waals surface area contributed by atoms with Crippen molar-refractivity contribution in [2.75, 3.05) is 39.9 Å². The number of aliphatic hydroxyl groups is 1. The number of fused-ring (bicyclic) bond motifs is 2. The first kappa shape index (κ1) is 25.7. The SMILES string of the molecule is COc1cc2c(cc1CN1CC3CN(Cc4cnc[nH]4)CC3(CO)C1)CCC2.O=CO.O=CO. The molecule has 10 nitrogen and oxygen atoms in total. The molecule has 0 spiro atoms. The van der Waals surface area contributed by atoms with Gasteiger partial charge in [-0.15, -0.1) is 0 Å². The normalized spacial score (nSPS) is 23.2. The van der Waals surface area contributed by atoms with Gasteiger partial charge in [0.2, 0.25) is 0 Å². The maximum atomic E-state index is 10.3. The summed E-state index contributed by atoms with van der Waals surface area (Å²) in [5, 5.41) is 24.1. The molecule has 1 aromatic carbocycles. The minimum atomic E-state index is -0.250. The van der Waals surface area contributed by atoms with Crippen LogP contribution in [-0.2, 0) is 35.5 Å². The molecular weight excluding hydrogens is 440 g/mol. The number of aromatic nitrogens is 2. The average Bonchev–Trinajstić information content (AvgIpc) is 3.59. The van der Waals surface area contributed by atoms with Gasteiger partial charge in [-0.1, -0.05) is 6.07 Å². The topological polar surface area (TPSA) is 139 Å². The number of likely N-dealkylation sites (tertiary alicyclic amines) is 2. The van der Waals surface area contributed by atoms with E-state index in [1.807, 2.05) is 6.20 Å². The number of nitrogens with zero attached hydrogens (tertiary/aromatic N) is 3. The molecule has 2 fully saturated rings. The Morgan fingerprint density at radius 1 is 1.12 bits per heavy atom. The molecule has 0 amide bonds. The molecule has 2 atom stereocenters. The highest BCUT2D eigenvalue weighted by Gasteiger charge is 2.51. The van der Waals surface area contributed by atoms with Crippen LogP contribution in [0.25, 0.3) is 0 Å². The number of hydrogen-bond acceptors (Lipinski definition) is 7. The number of nitrogens with one attached hydrogen (secondary N) is 1. The lowest BCUT2D eigenvalue weighted by Gasteiger charge is -2.27. The van der Waals surface area contributed by atoms with E-state index in [1.165, 1.54) is 36.0 Å². The second kappa shape index (κ2) is 12.0. The summed E-state index contributed by atoms with van der Waals surface area (Å²) in [4.78, 5) is 29.0. The van der Waals surface area contributed by atoms with Gasteiger partial charge in [0.1, 0.15) is 5.75 Å². The summed E-state index contributed by atoms with van der Waals surface area (Å²) in [6.45, 7) is 5.54. The molecule has 3 heterocycles. The highest BCUT2D eigenvalue weighted by atomic mass is 16.5. The summed E-state index contributed by atoms with van der Waals surface area (Å²) in [6, 6.07) is 4.62. The third kappa shape index (κ3) is 5.75. The first-order valence-electron chi connectivity index (χ1n) is 11.4. The van der Waals surface area contributed by atoms with E-state index in [9.17, 15) is 5.11 Å². The molecule has 10 heteroatoms. The lowest BCUT2D eigenvalue weighted by Crippen LogP contribution is -2.37. The zero-order valence-electron chi connectivity index (χ0n) is 19.5. The van der Waals surface area contributed by atoms with Crippen LogP contribution in [0.3, 0.4) is 0 Å². The molecule has 2 aromatic rings. The standard InChI is InChI=1S/C22H30N4O2.2CH2O2/c1-28-21-6-17-4-2-3-16(17)5-18(21)8-25-9-19-10-26(11-20-7-23-15-24-20)13-22(19,12-25)14-27;2*2-1-3/h5-7,15,19,27H,2-4,8-14H2,1H3,(H,23,24);2*1H,(H,2,3). The molecule has 186 valence electrons. The average molecular weight is 475 g/mol. The molecule has 34 heavy (non-hydrogen) atoms. The fraction of sp³-hybridized carbons (Fsp3) is 0.542. The third-order valence-electron chi connectivity index (χ3n) is 7.05. The van der Waals surface area contributed by atoms with Gasteiger partial charge in [0.25, 0.3) is 12.9 Å². The Bertz CT molecular complexity index is 932. The van der Waals surface area contributed by atoms with E-state index in [2.05, 4.69) is 31.9 Å². The van der Waals surface area contributed by atoms with Crippen LogP contribution in [-0.4, -0.2) is 87.9 Å². The van der Waals surface area contributed by atoms with E-state index in [0.717, 1.165) is 50.7 Å². The van der Waals surface area contributed by atoms with E-state index in [1.54, 1.807) is 13.4 Å². The number of aryl methyl sites for hydroxylation is 2. The van der Waals surface area contributed by atoms with Crippen LogP contribution in [0, 0.1) is 11.3 Å². The highest BCUT2D eigenvalue weighted by molar-refractivity contribution is 5.45. The van der Waals surface area contributed by atoms with Crippen molar-refractivity contribution in [3.8, 4) is 5.75 Å². The Balaban J connectivity index is 0.000000492. The number of aromatic amines is 1. The van der Waals surface area contributed by atoms with Crippen LogP contribution in [0.15, 0.2) is 24.7 Å². The van der Waals surface area contributed by atoms with E-state index in [4.69, 9.17) is 24.5 Å². The molecule has 0 saturated carbocycles. The minimum absolute atomic E-state index is 0.00994. The van der Waals surface area contributed by atoms with Crippen molar-refractivity contribution in [2.24, 2.45) is 11.3 Å². The summed E-state index contributed by atoms with van der Waals surface area (Å²) >= 11 is 0. The van der Waals surface area contributed by atoms with Gasteiger partial charge in [0.15, 0.2) is 0 Å². The molecule has 5 rings (SSSR count). The molecule has 1 aliphatic carbocycles. The van der Waals surface area contributed by atoms with Gasteiger partial charge in [-0.3, -0.25) is 19.4 Å². The molecule has 0 radical (unpaired) electrons. The zero-order valence-corrected chi connectivity index (χ0v) is 19.5. The summed E-state index contributed by atoms with van der Waals surface area (Å²) in [6.07, 6.45) is 7.26. The minimum Gasteiger partial charge on any atom is -0.496 e. The smallest absolute Gasteiger partial charge is 0.290 e. The van der Waals surface area contributed by atoms with Gasteiger partial charge < -0.3 is 25.0 Å². The number of imidazole rings is 1. The van der Waals surface area contributed by atoms with Gasteiger partial charge in [-0.2, -0.15) is 0 Å². The van der Waals surface area contributed by atoms with Crippen molar-refractivity contribution in [3.63, 3.8) is 0 Å². The fourth-order valence-electron chi connectivity index (χ4n) is 5.69. The molecule has 4 N–H and O–H groups in total. The van der Waals surface area contributed by atoms with Gasteiger partial charge >= 0.3 is 0 Å². The van der Waals surface area contributed by atoms with Crippen LogP contribution < -0.4 is 4.74 Å². The molecule has 2 aliphatic heterocycles. The first-order chi connectivity index (χ1) is 16.5. The number of hydrogen-bond donors (Lipinski definition) is 4. The summed E-state index contributed by atoms with van der Waals surface area (Å²) in [7, 11) is 1.78. The monoisotopic (exact) mass is 474 g/mol. The third-order valence-corrected chi connectivity index (χ3v) is 7.05. The van der Waals surface area contributed by atoms with E-state index in [-0.39, 0.29) is 25.0 Å². The van der Waals surface area contributed by atoms with Crippen LogP contribution in [0.2, 0.25) is 0 Å². The van der Waals surface area contributed by atoms with Crippen LogP contribution in [0.4, 0.5) is 0 Å². The Hall–Kier alpha value is -2.95. The van der Waals surface area contributed by atoms with Crippen molar-refractivity contribution in [1.82, 2.24) is 19.8 Å². The maximum Gasteiger partial charge on any atom is 0.290 e. The quantitative estimate of drug-likeness (QED) is 0.455. The second-order valence-corrected chi connectivity index (χ2v) is 9.13. The number of aliphatic hydroxyl groups excluding tert-OH is 1. The second-order valence-electron chi connectivity index (χ2n) is 9.13. The largest absolute Gasteiger partial charge is 0.496 e. The predicted molar refractivity (Wildman–Crippen MR) is 125 cm³/mol. The van der Waals surface area contributed by atoms with Gasteiger partial charge in [-0.25, -0.2) is 4.98 Å². The van der Waals surface area contributed by atoms with Gasteiger partial charge in [-0.05, 0) is 42.4 Å². The van der Waals surface area contributed by atoms with Crippen molar-refractivity contribution < 1.29 is 29.6 Å². The number of rotatable bonds is 6.